The van der Waals surface area contributed by atoms with Crippen molar-refractivity contribution in [3.05, 3.63) is 24.0 Å². The summed E-state index contributed by atoms with van der Waals surface area (Å²) in [4.78, 5) is 11.9. The van der Waals surface area contributed by atoms with E-state index in [0.29, 0.717) is 5.75 Å². The number of carbonyl (C=O) groups is 1. The second-order valence-electron chi connectivity index (χ2n) is 4.33. The van der Waals surface area contributed by atoms with Crippen molar-refractivity contribution < 1.29 is 18.9 Å². The molecule has 0 radical (unpaired) electrons. The highest BCUT2D eigenvalue weighted by molar-refractivity contribution is 5.88. The van der Waals surface area contributed by atoms with Crippen molar-refractivity contribution in [2.24, 2.45) is 0 Å². The van der Waals surface area contributed by atoms with Crippen LogP contribution >= 0.6 is 0 Å². The molecule has 5 nitrogen and oxygen atoms in total. The number of nitrogens with zero attached hydrogens (tertiary/aromatic N) is 1. The molecule has 0 bridgehead atoms. The van der Waals surface area contributed by atoms with Crippen LogP contribution in [0.3, 0.4) is 0 Å². The number of nitrogen functional groups attached to an aromatic ring is 1. The second kappa shape index (κ2) is 4.38. The molecule has 0 amide bonds. The van der Waals surface area contributed by atoms with Gasteiger partial charge in [0, 0.05) is 6.07 Å². The van der Waals surface area contributed by atoms with Crippen molar-refractivity contribution in [1.82, 2.24) is 0 Å². The van der Waals surface area contributed by atoms with Crippen LogP contribution < -0.4 is 15.3 Å². The van der Waals surface area contributed by atoms with Gasteiger partial charge in [0.15, 0.2) is 6.20 Å². The molecule has 0 saturated carbocycles. The third-order valence-electron chi connectivity index (χ3n) is 1.80. The summed E-state index contributed by atoms with van der Waals surface area (Å²) in [5.41, 5.74) is -0.370. The summed E-state index contributed by atoms with van der Waals surface area (Å²) < 4.78 is 11.5. The smallest absolute Gasteiger partial charge is 0.411 e. The summed E-state index contributed by atoms with van der Waals surface area (Å²) in [6, 6.07) is 3.34. The van der Waals surface area contributed by atoms with E-state index in [1.165, 1.54) is 11.8 Å². The lowest BCUT2D eigenvalue weighted by atomic mass is 10.2. The number of ether oxygens (including phenoxy) is 2. The van der Waals surface area contributed by atoms with E-state index in [1.54, 1.807) is 39.1 Å². The summed E-state index contributed by atoms with van der Waals surface area (Å²) in [5.74, 6) is 5.53. The molecule has 0 aromatic carbocycles. The number of carbonyl (C=O) groups excluding carboxylic acids is 1. The van der Waals surface area contributed by atoms with Gasteiger partial charge in [0.1, 0.15) is 5.60 Å². The lowest BCUT2D eigenvalue weighted by molar-refractivity contribution is -0.642. The number of aromatic nitrogens is 1. The normalized spacial score (nSPS) is 11.0. The predicted octanol–water partition coefficient (Wildman–Crippen LogP) is 0.652. The van der Waals surface area contributed by atoms with Gasteiger partial charge in [0.25, 0.3) is 0 Å². The predicted molar refractivity (Wildman–Crippen MR) is 58.5 cm³/mol. The quantitative estimate of drug-likeness (QED) is 0.456. The Kier molecular flexibility index (Phi) is 3.37. The van der Waals surface area contributed by atoms with Crippen LogP contribution in [0.15, 0.2) is 18.3 Å². The van der Waals surface area contributed by atoms with E-state index in [4.69, 9.17) is 15.3 Å². The van der Waals surface area contributed by atoms with Gasteiger partial charge in [-0.25, -0.2) is 10.6 Å². The van der Waals surface area contributed by atoms with Crippen molar-refractivity contribution in [2.45, 2.75) is 26.4 Å². The molecule has 1 heterocycles. The van der Waals surface area contributed by atoms with E-state index in [0.717, 1.165) is 0 Å². The van der Waals surface area contributed by atoms with Crippen molar-refractivity contribution in [1.29, 1.82) is 0 Å². The number of hydrogen-bond acceptors (Lipinski definition) is 4. The minimum Gasteiger partial charge on any atom is -0.490 e. The van der Waals surface area contributed by atoms with Gasteiger partial charge in [-0.2, -0.15) is 0 Å². The SMILES string of the molecule is COc1ccc[n+](N)c1C(=O)OC(C)(C)C. The van der Waals surface area contributed by atoms with Crippen LogP contribution in [0.5, 0.6) is 5.75 Å². The van der Waals surface area contributed by atoms with Gasteiger partial charge >= 0.3 is 11.7 Å². The molecule has 0 aliphatic heterocycles. The first-order chi connectivity index (χ1) is 7.35. The van der Waals surface area contributed by atoms with E-state index in [1.807, 2.05) is 0 Å². The number of rotatable bonds is 2. The van der Waals surface area contributed by atoms with Crippen molar-refractivity contribution in [3.63, 3.8) is 0 Å². The molecular weight excluding hydrogens is 208 g/mol. The molecule has 0 fully saturated rings. The molecule has 0 aliphatic carbocycles. The molecule has 2 N–H and O–H groups in total. The summed E-state index contributed by atoms with van der Waals surface area (Å²) in [6.45, 7) is 5.38. The van der Waals surface area contributed by atoms with Crippen LogP contribution in [0.4, 0.5) is 0 Å². The van der Waals surface area contributed by atoms with Crippen LogP contribution in [-0.4, -0.2) is 18.7 Å². The fourth-order valence-corrected chi connectivity index (χ4v) is 1.20. The Morgan fingerprint density at radius 3 is 2.56 bits per heavy atom. The van der Waals surface area contributed by atoms with Crippen LogP contribution in [-0.2, 0) is 4.74 Å². The fourth-order valence-electron chi connectivity index (χ4n) is 1.20. The Bertz CT molecular complexity index is 397. The first kappa shape index (κ1) is 12.3. The van der Waals surface area contributed by atoms with Gasteiger partial charge in [0.2, 0.25) is 5.75 Å². The number of methoxy groups -OCH3 is 1. The van der Waals surface area contributed by atoms with Crippen LogP contribution in [0.25, 0.3) is 0 Å². The molecule has 0 aliphatic rings. The van der Waals surface area contributed by atoms with Gasteiger partial charge in [-0.1, -0.05) is 4.68 Å². The monoisotopic (exact) mass is 225 g/mol. The lowest BCUT2D eigenvalue weighted by Gasteiger charge is -2.18. The largest absolute Gasteiger partial charge is 0.490 e. The zero-order chi connectivity index (χ0) is 12.3. The minimum absolute atomic E-state index is 0.194. The average molecular weight is 225 g/mol. The van der Waals surface area contributed by atoms with E-state index in [2.05, 4.69) is 0 Å². The summed E-state index contributed by atoms with van der Waals surface area (Å²) in [7, 11) is 1.48. The summed E-state index contributed by atoms with van der Waals surface area (Å²) in [5, 5.41) is 0. The maximum absolute atomic E-state index is 11.9. The van der Waals surface area contributed by atoms with E-state index < -0.39 is 11.6 Å². The number of esters is 1. The van der Waals surface area contributed by atoms with Crippen LogP contribution in [0.2, 0.25) is 0 Å². The van der Waals surface area contributed by atoms with E-state index in [9.17, 15) is 4.79 Å². The second-order valence-corrected chi connectivity index (χ2v) is 4.33. The van der Waals surface area contributed by atoms with Gasteiger partial charge in [-0.15, -0.1) is 0 Å². The average Bonchev–Trinajstić information content (AvgIpc) is 2.14. The molecular formula is C11H17N2O3+. The Morgan fingerprint density at radius 2 is 2.06 bits per heavy atom. The van der Waals surface area contributed by atoms with Gasteiger partial charge < -0.3 is 9.47 Å². The Balaban J connectivity index is 3.08. The number of pyridine rings is 1. The topological polar surface area (TPSA) is 65.4 Å². The van der Waals surface area contributed by atoms with Gasteiger partial charge in [-0.3, -0.25) is 0 Å². The Labute approximate surface area is 94.7 Å². The molecule has 1 aromatic heterocycles. The highest BCUT2D eigenvalue weighted by Crippen LogP contribution is 2.17. The number of hydrogen-bond donors (Lipinski definition) is 1. The van der Waals surface area contributed by atoms with E-state index in [-0.39, 0.29) is 5.69 Å². The third-order valence-corrected chi connectivity index (χ3v) is 1.80. The Morgan fingerprint density at radius 1 is 1.44 bits per heavy atom. The molecule has 0 atom stereocenters. The molecule has 16 heavy (non-hydrogen) atoms. The molecule has 1 aromatic rings. The zero-order valence-electron chi connectivity index (χ0n) is 9.98. The highest BCUT2D eigenvalue weighted by atomic mass is 16.6. The molecule has 5 heteroatoms. The molecule has 0 saturated heterocycles. The minimum atomic E-state index is -0.565. The van der Waals surface area contributed by atoms with Crippen LogP contribution in [0.1, 0.15) is 31.3 Å². The number of nitrogens with two attached hydrogens (primary N) is 1. The van der Waals surface area contributed by atoms with Crippen molar-refractivity contribution in [2.75, 3.05) is 13.0 Å². The summed E-state index contributed by atoms with van der Waals surface area (Å²) >= 11 is 0. The van der Waals surface area contributed by atoms with Crippen LogP contribution in [0, 0.1) is 0 Å². The van der Waals surface area contributed by atoms with Crippen molar-refractivity contribution >= 4 is 5.97 Å². The van der Waals surface area contributed by atoms with Crippen molar-refractivity contribution in [3.8, 4) is 5.75 Å². The first-order valence-electron chi connectivity index (χ1n) is 4.92. The van der Waals surface area contributed by atoms with E-state index >= 15 is 0 Å². The lowest BCUT2D eigenvalue weighted by Crippen LogP contribution is -2.50. The third kappa shape index (κ3) is 2.85. The maximum atomic E-state index is 11.9. The first-order valence-corrected chi connectivity index (χ1v) is 4.92. The molecule has 88 valence electrons. The van der Waals surface area contributed by atoms with Gasteiger partial charge in [0.05, 0.1) is 7.11 Å². The molecule has 1 rings (SSSR count). The molecule has 0 unspecified atom stereocenters. The maximum Gasteiger partial charge on any atom is 0.411 e. The standard InChI is InChI=1S/C11H16N2O3/c1-11(2,3)16-10(14)9-8(15-4)6-5-7-13(9)12/h5-7H,1-4H3,(H-,12,14)/p+1. The fraction of sp³-hybridized carbons (Fsp3) is 0.455. The molecule has 0 spiro atoms. The van der Waals surface area contributed by atoms with Gasteiger partial charge in [-0.05, 0) is 26.8 Å². The zero-order valence-corrected chi connectivity index (χ0v) is 9.98. The Hall–Kier alpha value is -1.78. The highest BCUT2D eigenvalue weighted by Gasteiger charge is 2.29. The summed E-state index contributed by atoms with van der Waals surface area (Å²) in [6.07, 6.45) is 1.56.